The first-order valence-electron chi connectivity index (χ1n) is 9.74. The third-order valence-corrected chi connectivity index (χ3v) is 5.73. The summed E-state index contributed by atoms with van der Waals surface area (Å²) in [6.45, 7) is 8.00. The highest BCUT2D eigenvalue weighted by Crippen LogP contribution is 2.38. The number of piperidine rings is 1. The van der Waals surface area contributed by atoms with E-state index < -0.39 is 5.54 Å². The highest BCUT2D eigenvalue weighted by Gasteiger charge is 2.47. The number of hydrogen-bond donors (Lipinski definition) is 1. The van der Waals surface area contributed by atoms with Gasteiger partial charge in [-0.2, -0.15) is 0 Å². The van der Waals surface area contributed by atoms with Gasteiger partial charge in [0.15, 0.2) is 0 Å². The number of nitrogens with zero attached hydrogens (tertiary/aromatic N) is 2. The summed E-state index contributed by atoms with van der Waals surface area (Å²) < 4.78 is 0. The van der Waals surface area contributed by atoms with Gasteiger partial charge in [0.25, 0.3) is 5.91 Å². The number of hydrogen-bond acceptors (Lipinski definition) is 3. The highest BCUT2D eigenvalue weighted by molar-refractivity contribution is 5.99. The van der Waals surface area contributed by atoms with Gasteiger partial charge in [-0.1, -0.05) is 32.0 Å². The highest BCUT2D eigenvalue weighted by atomic mass is 16.2. The minimum absolute atomic E-state index is 0.00136. The first-order valence-corrected chi connectivity index (χ1v) is 9.74. The van der Waals surface area contributed by atoms with Crippen LogP contribution in [0, 0.1) is 5.92 Å². The second kappa shape index (κ2) is 7.71. The van der Waals surface area contributed by atoms with E-state index in [4.69, 9.17) is 0 Å². The zero-order valence-corrected chi connectivity index (χ0v) is 16.5. The molecule has 1 saturated heterocycles. The standard InChI is InChI=1S/C21H29N3O3/c1-15(2)13-22-19(26)12-21(8-10-23(11-9-21)16(3)25)24-14-17-6-4-5-7-18(17)20(24)27/h4-7,15H,8-14H2,1-3H3,(H,22,26). The summed E-state index contributed by atoms with van der Waals surface area (Å²) in [5.41, 5.74) is 1.20. The number of benzene rings is 1. The fourth-order valence-corrected chi connectivity index (χ4v) is 4.10. The lowest BCUT2D eigenvalue weighted by Gasteiger charge is -2.47. The zero-order valence-electron chi connectivity index (χ0n) is 16.5. The number of nitrogens with one attached hydrogen (secondary N) is 1. The summed E-state index contributed by atoms with van der Waals surface area (Å²) in [4.78, 5) is 41.1. The molecule has 0 unspecified atom stereocenters. The number of rotatable bonds is 5. The second-order valence-corrected chi connectivity index (χ2v) is 8.15. The lowest BCUT2D eigenvalue weighted by Crippen LogP contribution is -2.58. The van der Waals surface area contributed by atoms with Crippen LogP contribution in [0.25, 0.3) is 0 Å². The summed E-state index contributed by atoms with van der Waals surface area (Å²) in [6, 6.07) is 7.65. The first kappa shape index (κ1) is 19.4. The van der Waals surface area contributed by atoms with Crippen molar-refractivity contribution in [2.24, 2.45) is 5.92 Å². The molecule has 27 heavy (non-hydrogen) atoms. The number of likely N-dealkylation sites (tertiary alicyclic amines) is 1. The van der Waals surface area contributed by atoms with Gasteiger partial charge in [0.1, 0.15) is 0 Å². The molecule has 2 heterocycles. The largest absolute Gasteiger partial charge is 0.356 e. The predicted molar refractivity (Wildman–Crippen MR) is 103 cm³/mol. The molecule has 2 aliphatic rings. The van der Waals surface area contributed by atoms with Gasteiger partial charge in [-0.25, -0.2) is 0 Å². The van der Waals surface area contributed by atoms with E-state index in [9.17, 15) is 14.4 Å². The third-order valence-electron chi connectivity index (χ3n) is 5.73. The Morgan fingerprint density at radius 3 is 2.44 bits per heavy atom. The van der Waals surface area contributed by atoms with Crippen molar-refractivity contribution >= 4 is 17.7 Å². The lowest BCUT2D eigenvalue weighted by atomic mass is 9.82. The Morgan fingerprint density at radius 2 is 1.85 bits per heavy atom. The SMILES string of the molecule is CC(=O)N1CCC(CC(=O)NCC(C)C)(N2Cc3ccccc3C2=O)CC1. The first-order chi connectivity index (χ1) is 12.8. The van der Waals surface area contributed by atoms with Crippen molar-refractivity contribution in [3.8, 4) is 0 Å². The fraction of sp³-hybridized carbons (Fsp3) is 0.571. The maximum atomic E-state index is 13.1. The molecule has 1 N–H and O–H groups in total. The molecule has 146 valence electrons. The minimum Gasteiger partial charge on any atom is -0.356 e. The molecule has 0 bridgehead atoms. The summed E-state index contributed by atoms with van der Waals surface area (Å²) in [6.07, 6.45) is 1.54. The molecule has 0 radical (unpaired) electrons. The van der Waals surface area contributed by atoms with Gasteiger partial charge >= 0.3 is 0 Å². The van der Waals surface area contributed by atoms with Crippen LogP contribution in [0.1, 0.15) is 56.0 Å². The molecular formula is C21H29N3O3. The molecule has 0 aliphatic carbocycles. The van der Waals surface area contributed by atoms with Crippen LogP contribution in [-0.4, -0.2) is 52.7 Å². The molecular weight excluding hydrogens is 342 g/mol. The molecule has 3 amide bonds. The van der Waals surface area contributed by atoms with E-state index in [1.165, 1.54) is 0 Å². The van der Waals surface area contributed by atoms with Crippen molar-refractivity contribution in [1.82, 2.24) is 15.1 Å². The van der Waals surface area contributed by atoms with Gasteiger partial charge in [-0.05, 0) is 30.4 Å². The zero-order chi connectivity index (χ0) is 19.6. The maximum Gasteiger partial charge on any atom is 0.254 e. The predicted octanol–water partition coefficient (Wildman–Crippen LogP) is 2.19. The van der Waals surface area contributed by atoms with Crippen LogP contribution < -0.4 is 5.32 Å². The molecule has 6 nitrogen and oxygen atoms in total. The van der Waals surface area contributed by atoms with Gasteiger partial charge in [0, 0.05) is 38.7 Å². The topological polar surface area (TPSA) is 69.7 Å². The van der Waals surface area contributed by atoms with Gasteiger partial charge in [0.2, 0.25) is 11.8 Å². The van der Waals surface area contributed by atoms with Crippen LogP contribution >= 0.6 is 0 Å². The number of amides is 3. The van der Waals surface area contributed by atoms with Crippen molar-refractivity contribution in [3.63, 3.8) is 0 Å². The van der Waals surface area contributed by atoms with Crippen LogP contribution in [0.15, 0.2) is 24.3 Å². The molecule has 1 aromatic rings. The summed E-state index contributed by atoms with van der Waals surface area (Å²) in [5.74, 6) is 0.397. The van der Waals surface area contributed by atoms with Crippen molar-refractivity contribution in [3.05, 3.63) is 35.4 Å². The Kier molecular flexibility index (Phi) is 5.53. The van der Waals surface area contributed by atoms with Crippen molar-refractivity contribution in [2.45, 2.75) is 52.1 Å². The Bertz CT molecular complexity index is 736. The van der Waals surface area contributed by atoms with Crippen LogP contribution in [0.2, 0.25) is 0 Å². The van der Waals surface area contributed by atoms with Crippen LogP contribution in [0.3, 0.4) is 0 Å². The Balaban J connectivity index is 1.82. The Hall–Kier alpha value is -2.37. The van der Waals surface area contributed by atoms with E-state index in [0.717, 1.165) is 11.1 Å². The summed E-state index contributed by atoms with van der Waals surface area (Å²) in [7, 11) is 0. The van der Waals surface area contributed by atoms with Gasteiger partial charge in [-0.15, -0.1) is 0 Å². The van der Waals surface area contributed by atoms with E-state index in [-0.39, 0.29) is 24.1 Å². The quantitative estimate of drug-likeness (QED) is 0.863. The normalized spacial score (nSPS) is 18.6. The van der Waals surface area contributed by atoms with Crippen LogP contribution in [0.4, 0.5) is 0 Å². The molecule has 0 aromatic heterocycles. The molecule has 3 rings (SSSR count). The number of fused-ring (bicyclic) bond motifs is 1. The molecule has 0 spiro atoms. The van der Waals surface area contributed by atoms with Crippen molar-refractivity contribution < 1.29 is 14.4 Å². The molecule has 6 heteroatoms. The fourth-order valence-electron chi connectivity index (χ4n) is 4.10. The van der Waals surface area contributed by atoms with E-state index >= 15 is 0 Å². The van der Waals surface area contributed by atoms with E-state index in [0.29, 0.717) is 44.9 Å². The van der Waals surface area contributed by atoms with Gasteiger partial charge in [0.05, 0.1) is 12.0 Å². The molecule has 1 fully saturated rings. The average Bonchev–Trinajstić information content (AvgIpc) is 2.98. The van der Waals surface area contributed by atoms with Crippen molar-refractivity contribution in [1.29, 1.82) is 0 Å². The van der Waals surface area contributed by atoms with Crippen molar-refractivity contribution in [2.75, 3.05) is 19.6 Å². The minimum atomic E-state index is -0.539. The van der Waals surface area contributed by atoms with Crippen LogP contribution in [0.5, 0.6) is 0 Å². The summed E-state index contributed by atoms with van der Waals surface area (Å²) >= 11 is 0. The number of carbonyl (C=O) groups excluding carboxylic acids is 3. The van der Waals surface area contributed by atoms with E-state index in [1.54, 1.807) is 11.8 Å². The second-order valence-electron chi connectivity index (χ2n) is 8.15. The molecule has 2 aliphatic heterocycles. The third kappa shape index (κ3) is 3.99. The van der Waals surface area contributed by atoms with E-state index in [1.807, 2.05) is 29.2 Å². The smallest absolute Gasteiger partial charge is 0.254 e. The maximum absolute atomic E-state index is 13.1. The molecule has 0 saturated carbocycles. The van der Waals surface area contributed by atoms with Crippen LogP contribution in [-0.2, 0) is 16.1 Å². The number of carbonyl (C=O) groups is 3. The monoisotopic (exact) mass is 371 g/mol. The summed E-state index contributed by atoms with van der Waals surface area (Å²) in [5, 5.41) is 2.99. The lowest BCUT2D eigenvalue weighted by molar-refractivity contribution is -0.132. The molecule has 0 atom stereocenters. The average molecular weight is 371 g/mol. The Morgan fingerprint density at radius 1 is 1.19 bits per heavy atom. The van der Waals surface area contributed by atoms with E-state index in [2.05, 4.69) is 19.2 Å². The van der Waals surface area contributed by atoms with Gasteiger partial charge < -0.3 is 15.1 Å². The molecule has 1 aromatic carbocycles. The Labute approximate surface area is 160 Å². The van der Waals surface area contributed by atoms with Gasteiger partial charge in [-0.3, -0.25) is 14.4 Å².